The van der Waals surface area contributed by atoms with Crippen LogP contribution in [0.3, 0.4) is 0 Å². The van der Waals surface area contributed by atoms with Gasteiger partial charge < -0.3 is 10.6 Å². The molecule has 2 N–H and O–H groups in total. The number of nitrogens with zero attached hydrogens (tertiary/aromatic N) is 3. The molecule has 0 spiro atoms. The minimum Gasteiger partial charge on any atom is -0.314 e. The quantitative estimate of drug-likeness (QED) is 0.385. The fraction of sp³-hybridized carbons (Fsp3) is 0.714. The van der Waals surface area contributed by atoms with E-state index in [1.807, 2.05) is 0 Å². The van der Waals surface area contributed by atoms with E-state index >= 15 is 0 Å². The van der Waals surface area contributed by atoms with Crippen molar-refractivity contribution in [1.82, 2.24) is 20.4 Å². The lowest BCUT2D eigenvalue weighted by Gasteiger charge is -2.31. The second kappa shape index (κ2) is 6.80. The Hall–Kier alpha value is -1.38. The summed E-state index contributed by atoms with van der Waals surface area (Å²) >= 11 is 5.09. The maximum atomic E-state index is 12.4. The fourth-order valence-corrected chi connectivity index (χ4v) is 3.07. The van der Waals surface area contributed by atoms with Crippen LogP contribution in [0.25, 0.3) is 0 Å². The molecule has 0 unspecified atom stereocenters. The summed E-state index contributed by atoms with van der Waals surface area (Å²) in [4.78, 5) is 32.5. The smallest absolute Gasteiger partial charge is 0.247 e. The van der Waals surface area contributed by atoms with E-state index in [9.17, 15) is 9.59 Å². The fourth-order valence-electron chi connectivity index (χ4n) is 2.73. The maximum Gasteiger partial charge on any atom is 0.247 e. The summed E-state index contributed by atoms with van der Waals surface area (Å²) in [5.41, 5.74) is 0. The van der Waals surface area contributed by atoms with E-state index in [1.54, 1.807) is 4.90 Å². The molecule has 2 heterocycles. The molecule has 0 radical (unpaired) electrons. The molecule has 3 fully saturated rings. The highest BCUT2D eigenvalue weighted by Gasteiger charge is 2.44. The van der Waals surface area contributed by atoms with Crippen LogP contribution in [0.5, 0.6) is 0 Å². The van der Waals surface area contributed by atoms with Gasteiger partial charge in [-0.15, -0.1) is 0 Å². The molecule has 7 nitrogen and oxygen atoms in total. The lowest BCUT2D eigenvalue weighted by molar-refractivity contribution is -0.138. The summed E-state index contributed by atoms with van der Waals surface area (Å²) in [5, 5.41) is 6.15. The highest BCUT2D eigenvalue weighted by Crippen LogP contribution is 2.29. The number of hydrogen-bond acceptors (Lipinski definition) is 6. The van der Waals surface area contributed by atoms with Crippen molar-refractivity contribution in [2.24, 2.45) is 10.9 Å². The average molecular weight is 323 g/mol. The van der Waals surface area contributed by atoms with Gasteiger partial charge in [0.25, 0.3) is 0 Å². The van der Waals surface area contributed by atoms with Crippen molar-refractivity contribution < 1.29 is 9.59 Å². The minimum atomic E-state index is -0.838. The van der Waals surface area contributed by atoms with Crippen molar-refractivity contribution in [1.29, 1.82) is 0 Å². The minimum absolute atomic E-state index is 0.164. The first-order valence-electron chi connectivity index (χ1n) is 7.78. The number of hydrogen-bond donors (Lipinski definition) is 2. The summed E-state index contributed by atoms with van der Waals surface area (Å²) in [7, 11) is 0. The third kappa shape index (κ3) is 3.50. The molecule has 1 saturated carbocycles. The van der Waals surface area contributed by atoms with E-state index < -0.39 is 5.92 Å². The van der Waals surface area contributed by atoms with Crippen LogP contribution in [-0.4, -0.2) is 78.3 Å². The Kier molecular flexibility index (Phi) is 4.80. The van der Waals surface area contributed by atoms with Crippen molar-refractivity contribution in [3.05, 3.63) is 0 Å². The molecule has 8 heteroatoms. The zero-order valence-electron chi connectivity index (χ0n) is 12.5. The highest BCUT2D eigenvalue weighted by molar-refractivity contribution is 7.80. The second-order valence-corrected chi connectivity index (χ2v) is 6.25. The molecule has 3 rings (SSSR count). The van der Waals surface area contributed by atoms with Gasteiger partial charge in [0.15, 0.2) is 11.0 Å². The summed E-state index contributed by atoms with van der Waals surface area (Å²) in [6, 6.07) is 0.164. The van der Waals surface area contributed by atoms with E-state index in [-0.39, 0.29) is 23.0 Å². The van der Waals surface area contributed by atoms with Crippen LogP contribution in [0.4, 0.5) is 0 Å². The number of amides is 2. The maximum absolute atomic E-state index is 12.4. The van der Waals surface area contributed by atoms with Crippen LogP contribution in [0, 0.1) is 5.92 Å². The Morgan fingerprint density at radius 3 is 2.68 bits per heavy atom. The van der Waals surface area contributed by atoms with E-state index in [0.717, 1.165) is 45.6 Å². The Bertz CT molecular complexity index is 499. The van der Waals surface area contributed by atoms with Gasteiger partial charge in [-0.2, -0.15) is 0 Å². The molecule has 2 aliphatic heterocycles. The van der Waals surface area contributed by atoms with Crippen LogP contribution >= 0.6 is 12.2 Å². The SMILES string of the molecule is O=C1NC(=S)N(C2CC2)C(=O)[C@H]1C=NCCN1CCNCC1. The zero-order valence-corrected chi connectivity index (χ0v) is 13.3. The zero-order chi connectivity index (χ0) is 15.5. The van der Waals surface area contributed by atoms with Gasteiger partial charge in [-0.3, -0.25) is 24.4 Å². The highest BCUT2D eigenvalue weighted by atomic mass is 32.1. The number of carbonyl (C=O) groups excluding carboxylic acids is 2. The first-order valence-corrected chi connectivity index (χ1v) is 8.18. The van der Waals surface area contributed by atoms with E-state index in [2.05, 4.69) is 20.5 Å². The average Bonchev–Trinajstić information content (AvgIpc) is 3.32. The summed E-state index contributed by atoms with van der Waals surface area (Å²) in [5.74, 6) is -1.43. The summed E-state index contributed by atoms with van der Waals surface area (Å²) in [6.07, 6.45) is 3.39. The van der Waals surface area contributed by atoms with Crippen LogP contribution < -0.4 is 10.6 Å². The van der Waals surface area contributed by atoms with E-state index in [0.29, 0.717) is 6.54 Å². The Balaban J connectivity index is 1.53. The molecule has 0 aromatic heterocycles. The van der Waals surface area contributed by atoms with Gasteiger partial charge in [0, 0.05) is 45.0 Å². The van der Waals surface area contributed by atoms with Crippen LogP contribution in [0.2, 0.25) is 0 Å². The molecule has 120 valence electrons. The first-order chi connectivity index (χ1) is 10.7. The lowest BCUT2D eigenvalue weighted by Crippen LogP contribution is -2.58. The largest absolute Gasteiger partial charge is 0.314 e. The number of nitrogens with one attached hydrogen (secondary N) is 2. The van der Waals surface area contributed by atoms with Gasteiger partial charge in [0.05, 0.1) is 6.54 Å². The van der Waals surface area contributed by atoms with Gasteiger partial charge in [-0.05, 0) is 25.1 Å². The summed E-state index contributed by atoms with van der Waals surface area (Å²) in [6.45, 7) is 5.49. The Labute approximate surface area is 135 Å². The monoisotopic (exact) mass is 323 g/mol. The van der Waals surface area contributed by atoms with E-state index in [4.69, 9.17) is 12.2 Å². The standard InChI is InChI=1S/C14H21N5O2S/c20-12-11(9-16-5-8-18-6-3-15-4-7-18)13(21)19(10-1-2-10)14(22)17-12/h9-11,15H,1-8H2,(H,17,20,22)/t11-/m0/s1. The molecular weight excluding hydrogens is 302 g/mol. The van der Waals surface area contributed by atoms with Crippen molar-refractivity contribution >= 4 is 35.4 Å². The van der Waals surface area contributed by atoms with Crippen molar-refractivity contribution in [3.63, 3.8) is 0 Å². The van der Waals surface area contributed by atoms with Crippen LogP contribution in [0.15, 0.2) is 4.99 Å². The lowest BCUT2D eigenvalue weighted by atomic mass is 10.1. The molecule has 2 saturated heterocycles. The van der Waals surface area contributed by atoms with E-state index in [1.165, 1.54) is 6.21 Å². The molecule has 22 heavy (non-hydrogen) atoms. The van der Waals surface area contributed by atoms with Crippen molar-refractivity contribution in [2.75, 3.05) is 39.3 Å². The number of thiocarbonyl (C=S) groups is 1. The van der Waals surface area contributed by atoms with Gasteiger partial charge in [-0.25, -0.2) is 0 Å². The predicted octanol–water partition coefficient (Wildman–Crippen LogP) is -1.02. The van der Waals surface area contributed by atoms with Crippen LogP contribution in [0.1, 0.15) is 12.8 Å². The number of aliphatic imine (C=N–C) groups is 1. The molecule has 0 aromatic rings. The Morgan fingerprint density at radius 1 is 1.27 bits per heavy atom. The molecule has 3 aliphatic rings. The summed E-state index contributed by atoms with van der Waals surface area (Å²) < 4.78 is 0. The van der Waals surface area contributed by atoms with Gasteiger partial charge in [-0.1, -0.05) is 0 Å². The first kappa shape index (κ1) is 15.5. The van der Waals surface area contributed by atoms with Crippen molar-refractivity contribution in [3.8, 4) is 0 Å². The molecule has 0 bridgehead atoms. The number of carbonyl (C=O) groups is 2. The van der Waals surface area contributed by atoms with Gasteiger partial charge >= 0.3 is 0 Å². The van der Waals surface area contributed by atoms with Crippen LogP contribution in [-0.2, 0) is 9.59 Å². The molecule has 1 aliphatic carbocycles. The Morgan fingerprint density at radius 2 is 2.00 bits per heavy atom. The van der Waals surface area contributed by atoms with Gasteiger partial charge in [0.2, 0.25) is 11.8 Å². The number of piperazine rings is 1. The molecule has 0 aromatic carbocycles. The molecular formula is C14H21N5O2S. The van der Waals surface area contributed by atoms with Crippen molar-refractivity contribution in [2.45, 2.75) is 18.9 Å². The number of rotatable bonds is 5. The topological polar surface area (TPSA) is 77.0 Å². The third-order valence-electron chi connectivity index (χ3n) is 4.16. The predicted molar refractivity (Wildman–Crippen MR) is 86.8 cm³/mol. The molecule has 1 atom stereocenters. The third-order valence-corrected chi connectivity index (χ3v) is 4.46. The van der Waals surface area contributed by atoms with Gasteiger partial charge in [0.1, 0.15) is 0 Å². The molecule has 2 amide bonds. The second-order valence-electron chi connectivity index (χ2n) is 5.86. The normalized spacial score (nSPS) is 27.5.